The van der Waals surface area contributed by atoms with Gasteiger partial charge in [-0.2, -0.15) is 10.1 Å². The van der Waals surface area contributed by atoms with Crippen LogP contribution in [0, 0.1) is 0 Å². The molecule has 0 amide bonds. The van der Waals surface area contributed by atoms with Gasteiger partial charge in [0.1, 0.15) is 5.66 Å². The lowest BCUT2D eigenvalue weighted by molar-refractivity contribution is 0.305. The molecule has 0 atom stereocenters. The van der Waals surface area contributed by atoms with Crippen molar-refractivity contribution in [3.63, 3.8) is 0 Å². The van der Waals surface area contributed by atoms with Crippen LogP contribution in [0.25, 0.3) is 11.3 Å². The molecule has 1 aromatic carbocycles. The van der Waals surface area contributed by atoms with Gasteiger partial charge in [0.25, 0.3) is 5.56 Å². The number of nitrogens with zero attached hydrogens (tertiary/aromatic N) is 4. The van der Waals surface area contributed by atoms with E-state index in [0.29, 0.717) is 11.7 Å². The van der Waals surface area contributed by atoms with Crippen LogP contribution in [0.4, 0.5) is 5.69 Å². The molecule has 2 heterocycles. The van der Waals surface area contributed by atoms with Gasteiger partial charge >= 0.3 is 0 Å². The normalized spacial score (nSPS) is 19.2. The van der Waals surface area contributed by atoms with Gasteiger partial charge in [0.05, 0.1) is 5.69 Å². The molecule has 2 aromatic rings. The van der Waals surface area contributed by atoms with Crippen molar-refractivity contribution in [3.05, 3.63) is 46.8 Å². The van der Waals surface area contributed by atoms with Gasteiger partial charge in [-0.1, -0.05) is 18.6 Å². The monoisotopic (exact) mass is 351 g/mol. The van der Waals surface area contributed by atoms with Gasteiger partial charge < -0.3 is 11.5 Å². The van der Waals surface area contributed by atoms with Crippen LogP contribution in [0.3, 0.4) is 0 Å². The highest BCUT2D eigenvalue weighted by molar-refractivity contribution is 6.05. The first-order valence-electron chi connectivity index (χ1n) is 8.73. The number of hydrogen-bond donors (Lipinski definition) is 3. The summed E-state index contributed by atoms with van der Waals surface area (Å²) in [6.07, 6.45) is 5.15. The number of H-pyrrole nitrogens is 1. The lowest BCUT2D eigenvalue weighted by Gasteiger charge is -2.45. The van der Waals surface area contributed by atoms with Gasteiger partial charge in [-0.25, -0.2) is 10.1 Å². The van der Waals surface area contributed by atoms with Crippen molar-refractivity contribution < 1.29 is 0 Å². The highest BCUT2D eigenvalue weighted by Crippen LogP contribution is 2.39. The standard InChI is InChI=1S/C18H21N7O/c19-16-21-17(20)25(18(22-16)10-2-1-3-11-18)13-6-4-12(5-7-13)14-8-9-15(26)24-23-14/h4-9H,1-3,10-11H2,(H,24,26)(H4,19,20,21,22). The minimum absolute atomic E-state index is 0.225. The second-order valence-electron chi connectivity index (χ2n) is 6.67. The van der Waals surface area contributed by atoms with Crippen LogP contribution >= 0.6 is 0 Å². The fourth-order valence-corrected chi connectivity index (χ4v) is 3.78. The number of benzene rings is 1. The van der Waals surface area contributed by atoms with Crippen molar-refractivity contribution in [2.75, 3.05) is 4.90 Å². The zero-order valence-electron chi connectivity index (χ0n) is 14.4. The smallest absolute Gasteiger partial charge is 0.264 e. The number of guanidine groups is 2. The molecule has 1 aliphatic heterocycles. The average Bonchev–Trinajstić information content (AvgIpc) is 2.63. The van der Waals surface area contributed by atoms with E-state index in [1.165, 1.54) is 12.5 Å². The molecule has 4 rings (SSSR count). The number of nitrogens with two attached hydrogens (primary N) is 2. The highest BCUT2D eigenvalue weighted by atomic mass is 16.1. The topological polar surface area (TPSA) is 126 Å². The van der Waals surface area contributed by atoms with E-state index in [0.717, 1.165) is 36.9 Å². The van der Waals surface area contributed by atoms with Crippen LogP contribution in [-0.4, -0.2) is 27.8 Å². The number of hydrogen-bond acceptors (Lipinski definition) is 7. The molecule has 2 aliphatic rings. The quantitative estimate of drug-likeness (QED) is 0.757. The zero-order valence-corrected chi connectivity index (χ0v) is 14.4. The molecule has 1 aliphatic carbocycles. The molecule has 1 spiro atoms. The van der Waals surface area contributed by atoms with Gasteiger partial charge in [-0.3, -0.25) is 9.69 Å². The lowest BCUT2D eigenvalue weighted by Crippen LogP contribution is -2.58. The number of aliphatic imine (C=N–C) groups is 2. The van der Waals surface area contributed by atoms with E-state index < -0.39 is 5.66 Å². The van der Waals surface area contributed by atoms with Gasteiger partial charge in [-0.15, -0.1) is 0 Å². The van der Waals surface area contributed by atoms with Gasteiger partial charge in [0, 0.05) is 17.3 Å². The minimum atomic E-state index is -0.452. The summed E-state index contributed by atoms with van der Waals surface area (Å²) in [5.41, 5.74) is 14.0. The second kappa shape index (κ2) is 6.29. The largest absolute Gasteiger partial charge is 0.369 e. The van der Waals surface area contributed by atoms with Crippen molar-refractivity contribution >= 4 is 17.6 Å². The third kappa shape index (κ3) is 2.83. The van der Waals surface area contributed by atoms with E-state index in [1.807, 2.05) is 29.2 Å². The van der Waals surface area contributed by atoms with Crippen LogP contribution in [0.15, 0.2) is 51.2 Å². The molecule has 1 fully saturated rings. The molecule has 0 saturated heterocycles. The minimum Gasteiger partial charge on any atom is -0.369 e. The van der Waals surface area contributed by atoms with E-state index in [9.17, 15) is 4.79 Å². The average molecular weight is 351 g/mol. The van der Waals surface area contributed by atoms with Crippen molar-refractivity contribution in [3.8, 4) is 11.3 Å². The van der Waals surface area contributed by atoms with E-state index in [2.05, 4.69) is 20.2 Å². The first-order chi connectivity index (χ1) is 12.6. The van der Waals surface area contributed by atoms with E-state index >= 15 is 0 Å². The van der Waals surface area contributed by atoms with Crippen molar-refractivity contribution in [1.82, 2.24) is 10.2 Å². The van der Waals surface area contributed by atoms with E-state index in [-0.39, 0.29) is 11.5 Å². The Kier molecular flexibility index (Phi) is 3.95. The predicted octanol–water partition coefficient (Wildman–Crippen LogP) is 1.55. The Morgan fingerprint density at radius 1 is 1.00 bits per heavy atom. The summed E-state index contributed by atoms with van der Waals surface area (Å²) in [7, 11) is 0. The van der Waals surface area contributed by atoms with Gasteiger partial charge in [0.2, 0.25) is 11.9 Å². The molecule has 0 unspecified atom stereocenters. The Morgan fingerprint density at radius 3 is 2.38 bits per heavy atom. The molecule has 0 bridgehead atoms. The van der Waals surface area contributed by atoms with Crippen molar-refractivity contribution in [2.45, 2.75) is 37.8 Å². The molecule has 8 heteroatoms. The molecule has 134 valence electrons. The Morgan fingerprint density at radius 2 is 1.73 bits per heavy atom. The van der Waals surface area contributed by atoms with Crippen LogP contribution in [0.1, 0.15) is 32.1 Å². The third-order valence-corrected chi connectivity index (χ3v) is 4.95. The number of rotatable bonds is 2. The molecule has 1 saturated carbocycles. The van der Waals surface area contributed by atoms with Crippen LogP contribution < -0.4 is 21.9 Å². The Labute approximate surface area is 150 Å². The summed E-state index contributed by atoms with van der Waals surface area (Å²) < 4.78 is 0. The summed E-state index contributed by atoms with van der Waals surface area (Å²) in [6, 6.07) is 11.0. The summed E-state index contributed by atoms with van der Waals surface area (Å²) in [6.45, 7) is 0. The first kappa shape index (κ1) is 16.3. The highest BCUT2D eigenvalue weighted by Gasteiger charge is 2.42. The summed E-state index contributed by atoms with van der Waals surface area (Å²) in [5, 5.41) is 6.51. The molecular formula is C18H21N7O. The third-order valence-electron chi connectivity index (χ3n) is 4.95. The maximum Gasteiger partial charge on any atom is 0.264 e. The number of nitrogens with one attached hydrogen (secondary N) is 1. The Hall–Kier alpha value is -3.16. The Balaban J connectivity index is 1.70. The van der Waals surface area contributed by atoms with Crippen molar-refractivity contribution in [2.24, 2.45) is 21.5 Å². The summed E-state index contributed by atoms with van der Waals surface area (Å²) >= 11 is 0. The van der Waals surface area contributed by atoms with Gasteiger partial charge in [0.15, 0.2) is 0 Å². The van der Waals surface area contributed by atoms with Crippen LogP contribution in [0.5, 0.6) is 0 Å². The van der Waals surface area contributed by atoms with Crippen LogP contribution in [0.2, 0.25) is 0 Å². The van der Waals surface area contributed by atoms with Crippen LogP contribution in [-0.2, 0) is 0 Å². The molecule has 0 radical (unpaired) electrons. The van der Waals surface area contributed by atoms with E-state index in [1.54, 1.807) is 6.07 Å². The first-order valence-corrected chi connectivity index (χ1v) is 8.73. The second-order valence-corrected chi connectivity index (χ2v) is 6.67. The number of aromatic nitrogens is 2. The number of anilines is 1. The maximum atomic E-state index is 11.2. The molecule has 1 aromatic heterocycles. The predicted molar refractivity (Wildman–Crippen MR) is 102 cm³/mol. The molecule has 26 heavy (non-hydrogen) atoms. The molecule has 8 nitrogen and oxygen atoms in total. The fourth-order valence-electron chi connectivity index (χ4n) is 3.78. The van der Waals surface area contributed by atoms with E-state index in [4.69, 9.17) is 11.5 Å². The Bertz CT molecular complexity index is 903. The summed E-state index contributed by atoms with van der Waals surface area (Å²) in [4.78, 5) is 22.0. The van der Waals surface area contributed by atoms with Gasteiger partial charge in [-0.05, 0) is 43.9 Å². The summed E-state index contributed by atoms with van der Waals surface area (Å²) in [5.74, 6) is 0.615. The molecular weight excluding hydrogens is 330 g/mol. The fraction of sp³-hybridized carbons (Fsp3) is 0.333. The molecule has 5 N–H and O–H groups in total. The SMILES string of the molecule is NC1=NC2(CCCCC2)N(c2ccc(-c3ccc(=O)[nH]n3)cc2)C(N)=N1. The maximum absolute atomic E-state index is 11.2. The zero-order chi connectivity index (χ0) is 18.1. The lowest BCUT2D eigenvalue weighted by atomic mass is 9.87. The van der Waals surface area contributed by atoms with Crippen molar-refractivity contribution in [1.29, 1.82) is 0 Å². The number of aromatic amines is 1.